The Balaban J connectivity index is 2.05. The fourth-order valence-corrected chi connectivity index (χ4v) is 2.76. The van der Waals surface area contributed by atoms with Crippen LogP contribution in [0.15, 0.2) is 34.3 Å². The third-order valence-corrected chi connectivity index (χ3v) is 4.38. The average Bonchev–Trinajstić information content (AvgIpc) is 2.84. The molecule has 1 aromatic carbocycles. The number of hydrogen-bond acceptors (Lipinski definition) is 4. The van der Waals surface area contributed by atoms with Gasteiger partial charge in [-0.25, -0.2) is 9.69 Å². The number of benzene rings is 1. The van der Waals surface area contributed by atoms with Gasteiger partial charge < -0.3 is 4.42 Å². The van der Waals surface area contributed by atoms with E-state index in [9.17, 15) is 14.4 Å². The van der Waals surface area contributed by atoms with E-state index >= 15 is 0 Å². The number of aryl methyl sites for hydroxylation is 2. The maximum absolute atomic E-state index is 12.7. The van der Waals surface area contributed by atoms with Gasteiger partial charge in [-0.2, -0.15) is 0 Å². The first kappa shape index (κ1) is 17.3. The normalized spacial score (nSPS) is 16.6. The molecule has 25 heavy (non-hydrogen) atoms. The monoisotopic (exact) mass is 378 g/mol. The summed E-state index contributed by atoms with van der Waals surface area (Å²) >= 11 is 11.8. The number of barbiturate groups is 1. The van der Waals surface area contributed by atoms with Crippen molar-refractivity contribution in [3.8, 4) is 0 Å². The molecule has 1 fully saturated rings. The second kappa shape index (κ2) is 6.38. The Morgan fingerprint density at radius 2 is 1.80 bits per heavy atom. The Morgan fingerprint density at radius 3 is 2.40 bits per heavy atom. The van der Waals surface area contributed by atoms with Gasteiger partial charge in [0.1, 0.15) is 17.1 Å². The van der Waals surface area contributed by atoms with Crippen LogP contribution < -0.4 is 10.2 Å². The molecule has 0 bridgehead atoms. The standard InChI is InChI=1S/C17H12Cl2N2O4/c1-8-5-10(9(2)25-8)6-12-15(22)20-17(24)21(16(12)23)11-3-4-13(18)14(19)7-11/h3-7H,1-2H3,(H,20,22,24)/b12-6+. The maximum atomic E-state index is 12.7. The van der Waals surface area contributed by atoms with Gasteiger partial charge >= 0.3 is 6.03 Å². The summed E-state index contributed by atoms with van der Waals surface area (Å²) in [4.78, 5) is 37.8. The van der Waals surface area contributed by atoms with Crippen molar-refractivity contribution in [1.82, 2.24) is 5.32 Å². The minimum atomic E-state index is -0.856. The van der Waals surface area contributed by atoms with Crippen molar-refractivity contribution >= 4 is 52.8 Å². The molecule has 1 aliphatic heterocycles. The van der Waals surface area contributed by atoms with Crippen molar-refractivity contribution in [1.29, 1.82) is 0 Å². The smallest absolute Gasteiger partial charge is 0.335 e. The molecule has 1 saturated heterocycles. The molecule has 128 valence electrons. The van der Waals surface area contributed by atoms with Gasteiger partial charge in [0.05, 0.1) is 15.7 Å². The quantitative estimate of drug-likeness (QED) is 0.635. The highest BCUT2D eigenvalue weighted by Crippen LogP contribution is 2.29. The van der Waals surface area contributed by atoms with Crippen LogP contribution in [0, 0.1) is 13.8 Å². The van der Waals surface area contributed by atoms with Crippen molar-refractivity contribution < 1.29 is 18.8 Å². The molecule has 0 aliphatic carbocycles. The van der Waals surface area contributed by atoms with E-state index in [1.807, 2.05) is 0 Å². The molecule has 6 nitrogen and oxygen atoms in total. The highest BCUT2D eigenvalue weighted by molar-refractivity contribution is 6.43. The predicted octanol–water partition coefficient (Wildman–Crippen LogP) is 3.87. The van der Waals surface area contributed by atoms with Gasteiger partial charge in [-0.3, -0.25) is 14.9 Å². The summed E-state index contributed by atoms with van der Waals surface area (Å²) in [6.45, 7) is 3.47. The van der Waals surface area contributed by atoms with Crippen LogP contribution in [0.2, 0.25) is 10.0 Å². The number of carbonyl (C=O) groups excluding carboxylic acids is 3. The lowest BCUT2D eigenvalue weighted by molar-refractivity contribution is -0.122. The number of urea groups is 1. The number of furan rings is 1. The summed E-state index contributed by atoms with van der Waals surface area (Å²) < 4.78 is 5.39. The van der Waals surface area contributed by atoms with E-state index in [-0.39, 0.29) is 21.3 Å². The van der Waals surface area contributed by atoms with Crippen molar-refractivity contribution in [3.63, 3.8) is 0 Å². The van der Waals surface area contributed by atoms with Crippen LogP contribution in [-0.4, -0.2) is 17.8 Å². The molecule has 0 spiro atoms. The van der Waals surface area contributed by atoms with Crippen LogP contribution >= 0.6 is 23.2 Å². The Kier molecular flexibility index (Phi) is 4.41. The number of carbonyl (C=O) groups is 3. The Morgan fingerprint density at radius 1 is 1.08 bits per heavy atom. The second-order valence-corrected chi connectivity index (χ2v) is 6.24. The minimum absolute atomic E-state index is 0.184. The molecule has 2 aromatic rings. The number of rotatable bonds is 2. The second-order valence-electron chi connectivity index (χ2n) is 5.42. The highest BCUT2D eigenvalue weighted by atomic mass is 35.5. The lowest BCUT2D eigenvalue weighted by Crippen LogP contribution is -2.54. The lowest BCUT2D eigenvalue weighted by Gasteiger charge is -2.26. The van der Waals surface area contributed by atoms with E-state index < -0.39 is 17.8 Å². The van der Waals surface area contributed by atoms with E-state index in [0.29, 0.717) is 17.1 Å². The molecular formula is C17H12Cl2N2O4. The summed E-state index contributed by atoms with van der Waals surface area (Å²) in [5.41, 5.74) is 0.601. The first-order valence-corrected chi connectivity index (χ1v) is 7.97. The number of imide groups is 2. The lowest BCUT2D eigenvalue weighted by atomic mass is 10.1. The molecule has 0 atom stereocenters. The van der Waals surface area contributed by atoms with Gasteiger partial charge in [-0.05, 0) is 44.2 Å². The van der Waals surface area contributed by atoms with Crippen LogP contribution in [0.1, 0.15) is 17.1 Å². The molecule has 1 aliphatic rings. The summed E-state index contributed by atoms with van der Waals surface area (Å²) in [6.07, 6.45) is 1.39. The van der Waals surface area contributed by atoms with Crippen molar-refractivity contribution in [2.45, 2.75) is 13.8 Å². The van der Waals surface area contributed by atoms with Crippen molar-refractivity contribution in [2.24, 2.45) is 0 Å². The zero-order chi connectivity index (χ0) is 18.3. The van der Waals surface area contributed by atoms with Crippen LogP contribution in [-0.2, 0) is 9.59 Å². The third-order valence-electron chi connectivity index (χ3n) is 3.64. The van der Waals surface area contributed by atoms with Crippen LogP contribution in [0.3, 0.4) is 0 Å². The SMILES string of the molecule is Cc1cc(/C=C2\C(=O)NC(=O)N(c3ccc(Cl)c(Cl)c3)C2=O)c(C)o1. The first-order chi connectivity index (χ1) is 11.8. The van der Waals surface area contributed by atoms with E-state index in [1.165, 1.54) is 24.3 Å². The van der Waals surface area contributed by atoms with E-state index in [1.54, 1.807) is 19.9 Å². The summed E-state index contributed by atoms with van der Waals surface area (Å²) in [5.74, 6) is -0.330. The molecule has 0 saturated carbocycles. The predicted molar refractivity (Wildman–Crippen MR) is 93.6 cm³/mol. The molecule has 0 radical (unpaired) electrons. The van der Waals surface area contributed by atoms with E-state index in [0.717, 1.165) is 4.90 Å². The van der Waals surface area contributed by atoms with Crippen molar-refractivity contribution in [3.05, 3.63) is 57.0 Å². The summed E-state index contributed by atoms with van der Waals surface area (Å²) in [6, 6.07) is 5.14. The Hall–Kier alpha value is -2.57. The minimum Gasteiger partial charge on any atom is -0.466 e. The summed E-state index contributed by atoms with van der Waals surface area (Å²) in [7, 11) is 0. The number of anilines is 1. The van der Waals surface area contributed by atoms with E-state index in [2.05, 4.69) is 5.32 Å². The molecule has 1 aromatic heterocycles. The van der Waals surface area contributed by atoms with Crippen LogP contribution in [0.5, 0.6) is 0 Å². The van der Waals surface area contributed by atoms with Crippen LogP contribution in [0.25, 0.3) is 6.08 Å². The largest absolute Gasteiger partial charge is 0.466 e. The number of amides is 4. The topological polar surface area (TPSA) is 79.6 Å². The van der Waals surface area contributed by atoms with Gasteiger partial charge in [-0.1, -0.05) is 23.2 Å². The van der Waals surface area contributed by atoms with Gasteiger partial charge in [0.25, 0.3) is 11.8 Å². The maximum Gasteiger partial charge on any atom is 0.335 e. The number of hydrogen-bond donors (Lipinski definition) is 1. The zero-order valence-corrected chi connectivity index (χ0v) is 14.7. The molecular weight excluding hydrogens is 367 g/mol. The van der Waals surface area contributed by atoms with Crippen LogP contribution in [0.4, 0.5) is 10.5 Å². The fourth-order valence-electron chi connectivity index (χ4n) is 2.47. The van der Waals surface area contributed by atoms with Gasteiger partial charge in [-0.15, -0.1) is 0 Å². The Bertz CT molecular complexity index is 946. The molecule has 2 heterocycles. The van der Waals surface area contributed by atoms with Gasteiger partial charge in [0, 0.05) is 5.56 Å². The van der Waals surface area contributed by atoms with Gasteiger partial charge in [0.2, 0.25) is 0 Å². The summed E-state index contributed by atoms with van der Waals surface area (Å²) in [5, 5.41) is 2.61. The number of nitrogens with zero attached hydrogens (tertiary/aromatic N) is 1. The first-order valence-electron chi connectivity index (χ1n) is 7.21. The Labute approximate surface area is 153 Å². The average molecular weight is 379 g/mol. The van der Waals surface area contributed by atoms with Gasteiger partial charge in [0.15, 0.2) is 0 Å². The number of halogens is 2. The third kappa shape index (κ3) is 3.18. The fraction of sp³-hybridized carbons (Fsp3) is 0.118. The zero-order valence-electron chi connectivity index (χ0n) is 13.2. The van der Waals surface area contributed by atoms with E-state index in [4.69, 9.17) is 27.6 Å². The molecule has 1 N–H and O–H groups in total. The molecule has 0 unspecified atom stereocenters. The number of nitrogens with one attached hydrogen (secondary N) is 1. The highest BCUT2D eigenvalue weighted by Gasteiger charge is 2.37. The molecule has 8 heteroatoms. The molecule has 3 rings (SSSR count). The van der Waals surface area contributed by atoms with Crippen molar-refractivity contribution in [2.75, 3.05) is 4.90 Å². The molecule has 4 amide bonds.